The van der Waals surface area contributed by atoms with Crippen LogP contribution in [0.3, 0.4) is 0 Å². The van der Waals surface area contributed by atoms with Gasteiger partial charge in [-0.1, -0.05) is 6.92 Å². The van der Waals surface area contributed by atoms with Crippen LogP contribution in [0.2, 0.25) is 0 Å². The zero-order chi connectivity index (χ0) is 13.1. The Morgan fingerprint density at radius 1 is 1.56 bits per heavy atom. The van der Waals surface area contributed by atoms with E-state index in [9.17, 15) is 9.59 Å². The number of piperazine rings is 1. The number of nitrogens with zero attached hydrogens (tertiary/aromatic N) is 1. The minimum absolute atomic E-state index is 0.0357. The number of carbonyl (C=O) groups excluding carboxylic acids is 2. The van der Waals surface area contributed by atoms with E-state index in [1.54, 1.807) is 4.90 Å². The Hall–Kier alpha value is -1.14. The fourth-order valence-electron chi connectivity index (χ4n) is 2.68. The van der Waals surface area contributed by atoms with Gasteiger partial charge in [-0.3, -0.25) is 9.59 Å². The molecule has 3 atom stereocenters. The number of nitrogens with one attached hydrogen (secondary N) is 2. The fourth-order valence-corrected chi connectivity index (χ4v) is 2.68. The van der Waals surface area contributed by atoms with Gasteiger partial charge in [0.25, 0.3) is 0 Å². The average molecular weight is 255 g/mol. The van der Waals surface area contributed by atoms with Crippen LogP contribution in [0, 0.1) is 5.92 Å². The largest absolute Gasteiger partial charge is 0.379 e. The molecule has 0 radical (unpaired) electrons. The van der Waals surface area contributed by atoms with Crippen molar-refractivity contribution >= 4 is 11.8 Å². The monoisotopic (exact) mass is 255 g/mol. The molecule has 2 fully saturated rings. The second kappa shape index (κ2) is 5.67. The van der Waals surface area contributed by atoms with Gasteiger partial charge in [0.05, 0.1) is 19.1 Å². The van der Waals surface area contributed by atoms with Gasteiger partial charge in [-0.05, 0) is 13.5 Å². The molecule has 2 N–H and O–H groups in total. The topological polar surface area (TPSA) is 70.7 Å². The number of ether oxygens (including phenoxy) is 1. The van der Waals surface area contributed by atoms with Crippen LogP contribution in [-0.4, -0.2) is 62.1 Å². The lowest BCUT2D eigenvalue weighted by Crippen LogP contribution is -2.59. The van der Waals surface area contributed by atoms with Crippen molar-refractivity contribution < 1.29 is 14.3 Å². The number of carbonyl (C=O) groups is 2. The first-order valence-electron chi connectivity index (χ1n) is 6.52. The van der Waals surface area contributed by atoms with Gasteiger partial charge in [-0.25, -0.2) is 0 Å². The molecule has 2 rings (SSSR count). The van der Waals surface area contributed by atoms with E-state index in [2.05, 4.69) is 10.6 Å². The lowest BCUT2D eigenvalue weighted by atomic mass is 9.99. The van der Waals surface area contributed by atoms with Crippen LogP contribution in [0.15, 0.2) is 0 Å². The number of hydrogen-bond donors (Lipinski definition) is 2. The van der Waals surface area contributed by atoms with Gasteiger partial charge in [-0.15, -0.1) is 0 Å². The molecule has 0 aromatic heterocycles. The smallest absolute Gasteiger partial charge is 0.242 e. The van der Waals surface area contributed by atoms with E-state index in [0.717, 1.165) is 0 Å². The molecule has 0 aromatic rings. The predicted octanol–water partition coefficient (Wildman–Crippen LogP) is -1.04. The van der Waals surface area contributed by atoms with Crippen molar-refractivity contribution in [2.75, 3.05) is 33.4 Å². The zero-order valence-electron chi connectivity index (χ0n) is 10.9. The third-order valence-corrected chi connectivity index (χ3v) is 3.77. The van der Waals surface area contributed by atoms with Crippen LogP contribution in [0.25, 0.3) is 0 Å². The Kier molecular flexibility index (Phi) is 4.19. The summed E-state index contributed by atoms with van der Waals surface area (Å²) >= 11 is 0. The summed E-state index contributed by atoms with van der Waals surface area (Å²) in [5.41, 5.74) is 0. The molecule has 6 heteroatoms. The molecule has 0 aliphatic carbocycles. The van der Waals surface area contributed by atoms with Crippen molar-refractivity contribution in [3.05, 3.63) is 0 Å². The highest BCUT2D eigenvalue weighted by Gasteiger charge is 2.40. The molecule has 2 heterocycles. The van der Waals surface area contributed by atoms with Crippen LogP contribution in [0.1, 0.15) is 13.3 Å². The summed E-state index contributed by atoms with van der Waals surface area (Å²) in [6.45, 7) is 4.06. The maximum absolute atomic E-state index is 12.5. The summed E-state index contributed by atoms with van der Waals surface area (Å²) in [6, 6.07) is -0.274. The number of likely N-dealkylation sites (N-methyl/N-ethyl adjacent to an activating group) is 1. The SMILES string of the molecule is CCC1C(=O)NCCN1C(=O)C1COCC1NC. The summed E-state index contributed by atoms with van der Waals surface area (Å²) in [6.07, 6.45) is 0.648. The van der Waals surface area contributed by atoms with Crippen LogP contribution >= 0.6 is 0 Å². The molecule has 0 saturated carbocycles. The Bertz CT molecular complexity index is 335. The minimum Gasteiger partial charge on any atom is -0.379 e. The normalized spacial score (nSPS) is 32.4. The van der Waals surface area contributed by atoms with E-state index >= 15 is 0 Å². The molecule has 6 nitrogen and oxygen atoms in total. The molecule has 18 heavy (non-hydrogen) atoms. The summed E-state index contributed by atoms with van der Waals surface area (Å²) in [4.78, 5) is 26.0. The summed E-state index contributed by atoms with van der Waals surface area (Å²) in [5, 5.41) is 5.91. The van der Waals surface area contributed by atoms with E-state index in [4.69, 9.17) is 4.74 Å². The van der Waals surface area contributed by atoms with Gasteiger partial charge in [-0.2, -0.15) is 0 Å². The predicted molar refractivity (Wildman–Crippen MR) is 66.0 cm³/mol. The van der Waals surface area contributed by atoms with Crippen molar-refractivity contribution in [3.8, 4) is 0 Å². The Balaban J connectivity index is 2.09. The van der Waals surface area contributed by atoms with Gasteiger partial charge in [0, 0.05) is 19.1 Å². The summed E-state index contributed by atoms with van der Waals surface area (Å²) in [5.74, 6) is -0.180. The van der Waals surface area contributed by atoms with E-state index in [0.29, 0.717) is 32.7 Å². The van der Waals surface area contributed by atoms with Crippen molar-refractivity contribution in [1.82, 2.24) is 15.5 Å². The molecular formula is C12H21N3O3. The molecule has 2 aliphatic heterocycles. The van der Waals surface area contributed by atoms with E-state index in [1.165, 1.54) is 0 Å². The quantitative estimate of drug-likeness (QED) is 0.675. The van der Waals surface area contributed by atoms with Crippen LogP contribution < -0.4 is 10.6 Å². The van der Waals surface area contributed by atoms with Crippen LogP contribution in [-0.2, 0) is 14.3 Å². The number of amides is 2. The molecule has 2 aliphatic rings. The van der Waals surface area contributed by atoms with Crippen molar-refractivity contribution in [2.45, 2.75) is 25.4 Å². The fraction of sp³-hybridized carbons (Fsp3) is 0.833. The van der Waals surface area contributed by atoms with E-state index in [1.807, 2.05) is 14.0 Å². The Morgan fingerprint density at radius 2 is 2.33 bits per heavy atom. The van der Waals surface area contributed by atoms with Gasteiger partial charge < -0.3 is 20.3 Å². The highest BCUT2D eigenvalue weighted by atomic mass is 16.5. The van der Waals surface area contributed by atoms with Gasteiger partial charge in [0.15, 0.2) is 0 Å². The second-order valence-corrected chi connectivity index (χ2v) is 4.79. The lowest BCUT2D eigenvalue weighted by Gasteiger charge is -2.36. The average Bonchev–Trinajstić information content (AvgIpc) is 2.85. The first-order chi connectivity index (χ1) is 8.69. The zero-order valence-corrected chi connectivity index (χ0v) is 10.9. The molecule has 2 saturated heterocycles. The summed E-state index contributed by atoms with van der Waals surface area (Å²) in [7, 11) is 1.83. The maximum atomic E-state index is 12.5. The minimum atomic E-state index is -0.329. The molecule has 2 amide bonds. The lowest BCUT2D eigenvalue weighted by molar-refractivity contribution is -0.146. The third-order valence-electron chi connectivity index (χ3n) is 3.77. The molecule has 3 unspecified atom stereocenters. The highest BCUT2D eigenvalue weighted by molar-refractivity contribution is 5.90. The van der Waals surface area contributed by atoms with Crippen molar-refractivity contribution in [1.29, 1.82) is 0 Å². The maximum Gasteiger partial charge on any atom is 0.242 e. The molecular weight excluding hydrogens is 234 g/mol. The highest BCUT2D eigenvalue weighted by Crippen LogP contribution is 2.20. The first kappa shape index (κ1) is 13.3. The second-order valence-electron chi connectivity index (χ2n) is 4.79. The molecule has 0 spiro atoms. The van der Waals surface area contributed by atoms with Gasteiger partial charge in [0.1, 0.15) is 6.04 Å². The van der Waals surface area contributed by atoms with E-state index < -0.39 is 0 Å². The van der Waals surface area contributed by atoms with Crippen LogP contribution in [0.4, 0.5) is 0 Å². The standard InChI is InChI=1S/C12H21N3O3/c1-3-10-11(16)14-4-5-15(10)12(17)8-6-18-7-9(8)13-2/h8-10,13H,3-7H2,1-2H3,(H,14,16). The number of hydrogen-bond acceptors (Lipinski definition) is 4. The van der Waals surface area contributed by atoms with Crippen LogP contribution in [0.5, 0.6) is 0 Å². The molecule has 0 bridgehead atoms. The van der Waals surface area contributed by atoms with Crippen molar-refractivity contribution in [2.24, 2.45) is 5.92 Å². The molecule has 102 valence electrons. The molecule has 0 aromatic carbocycles. The number of rotatable bonds is 3. The van der Waals surface area contributed by atoms with E-state index in [-0.39, 0.29) is 29.8 Å². The Labute approximate surface area is 107 Å². The third kappa shape index (κ3) is 2.35. The Morgan fingerprint density at radius 3 is 3.00 bits per heavy atom. The van der Waals surface area contributed by atoms with Gasteiger partial charge in [0.2, 0.25) is 11.8 Å². The van der Waals surface area contributed by atoms with Crippen molar-refractivity contribution in [3.63, 3.8) is 0 Å². The van der Waals surface area contributed by atoms with Gasteiger partial charge >= 0.3 is 0 Å². The summed E-state index contributed by atoms with van der Waals surface area (Å²) < 4.78 is 5.36. The first-order valence-corrected chi connectivity index (χ1v) is 6.52.